The molecule has 1 rings (SSSR count). The van der Waals surface area contributed by atoms with Crippen LogP contribution in [0, 0.1) is 0 Å². The molecule has 17 heavy (non-hydrogen) atoms. The van der Waals surface area contributed by atoms with Crippen LogP contribution in [-0.4, -0.2) is 30.4 Å². The van der Waals surface area contributed by atoms with Crippen molar-refractivity contribution in [3.8, 4) is 0 Å². The SMILES string of the molecule is C=C(/C=N\C(=C/C)N(C)C1CCC1)C(F)(F)F. The first kappa shape index (κ1) is 13.8. The van der Waals surface area contributed by atoms with Gasteiger partial charge in [-0.15, -0.1) is 0 Å². The predicted molar refractivity (Wildman–Crippen MR) is 62.8 cm³/mol. The number of rotatable bonds is 4. The maximum atomic E-state index is 12.2. The summed E-state index contributed by atoms with van der Waals surface area (Å²) in [6, 6.07) is 0.400. The Bertz CT molecular complexity index is 338. The number of nitrogens with zero attached hydrogens (tertiary/aromatic N) is 2. The van der Waals surface area contributed by atoms with E-state index in [1.165, 1.54) is 6.42 Å². The zero-order valence-corrected chi connectivity index (χ0v) is 10.1. The van der Waals surface area contributed by atoms with Gasteiger partial charge in [0, 0.05) is 19.3 Å². The van der Waals surface area contributed by atoms with E-state index < -0.39 is 11.7 Å². The Labute approximate surface area is 99.5 Å². The van der Waals surface area contributed by atoms with Crippen molar-refractivity contribution >= 4 is 6.21 Å². The van der Waals surface area contributed by atoms with Gasteiger partial charge in [0.25, 0.3) is 0 Å². The summed E-state index contributed by atoms with van der Waals surface area (Å²) in [5.41, 5.74) is -0.932. The first-order valence-electron chi connectivity index (χ1n) is 5.55. The standard InChI is InChI=1S/C12H17F3N2/c1-4-11(17(3)10-6-5-7-10)16-8-9(2)12(13,14)15/h4,8,10H,2,5-7H2,1,3H3/b11-4+,16-8-. The molecule has 0 atom stereocenters. The second kappa shape index (κ2) is 5.38. The van der Waals surface area contributed by atoms with Gasteiger partial charge in [-0.1, -0.05) is 6.58 Å². The van der Waals surface area contributed by atoms with Crippen LogP contribution in [0.2, 0.25) is 0 Å². The van der Waals surface area contributed by atoms with E-state index in [0.717, 1.165) is 19.1 Å². The lowest BCUT2D eigenvalue weighted by Gasteiger charge is -2.36. The van der Waals surface area contributed by atoms with E-state index in [2.05, 4.69) is 11.6 Å². The molecule has 0 unspecified atom stereocenters. The molecule has 2 nitrogen and oxygen atoms in total. The predicted octanol–water partition coefficient (Wildman–Crippen LogP) is 3.52. The van der Waals surface area contributed by atoms with Crippen molar-refractivity contribution in [1.82, 2.24) is 4.90 Å². The molecule has 0 amide bonds. The summed E-state index contributed by atoms with van der Waals surface area (Å²) < 4.78 is 36.7. The molecule has 0 saturated heterocycles. The van der Waals surface area contributed by atoms with Crippen molar-refractivity contribution in [2.24, 2.45) is 4.99 Å². The monoisotopic (exact) mass is 246 g/mol. The Morgan fingerprint density at radius 3 is 2.35 bits per heavy atom. The molecular formula is C12H17F3N2. The number of alkyl halides is 3. The summed E-state index contributed by atoms with van der Waals surface area (Å²) in [5, 5.41) is 0. The van der Waals surface area contributed by atoms with Crippen molar-refractivity contribution in [3.05, 3.63) is 24.0 Å². The molecule has 5 heteroatoms. The summed E-state index contributed by atoms with van der Waals surface area (Å²) >= 11 is 0. The average Bonchev–Trinajstić information content (AvgIpc) is 2.14. The van der Waals surface area contributed by atoms with Crippen LogP contribution in [0.25, 0.3) is 0 Å². The molecule has 96 valence electrons. The average molecular weight is 246 g/mol. The zero-order valence-electron chi connectivity index (χ0n) is 10.1. The molecule has 0 radical (unpaired) electrons. The van der Waals surface area contributed by atoms with Crippen molar-refractivity contribution < 1.29 is 13.2 Å². The highest BCUT2D eigenvalue weighted by Crippen LogP contribution is 2.27. The number of aliphatic imine (C=N–C) groups is 1. The molecule has 1 saturated carbocycles. The third-order valence-electron chi connectivity index (χ3n) is 2.96. The van der Waals surface area contributed by atoms with Crippen LogP contribution < -0.4 is 0 Å². The Morgan fingerprint density at radius 1 is 1.41 bits per heavy atom. The lowest BCUT2D eigenvalue weighted by atomic mass is 9.92. The van der Waals surface area contributed by atoms with Gasteiger partial charge >= 0.3 is 6.18 Å². The highest BCUT2D eigenvalue weighted by Gasteiger charge is 2.30. The molecular weight excluding hydrogens is 229 g/mol. The van der Waals surface area contributed by atoms with Crippen LogP contribution in [-0.2, 0) is 0 Å². The molecule has 1 aliphatic rings. The molecule has 1 fully saturated rings. The number of allylic oxidation sites excluding steroid dienone is 2. The van der Waals surface area contributed by atoms with Gasteiger partial charge in [0.2, 0.25) is 0 Å². The molecule has 0 bridgehead atoms. The highest BCUT2D eigenvalue weighted by molar-refractivity contribution is 5.80. The second-order valence-electron chi connectivity index (χ2n) is 4.12. The fourth-order valence-corrected chi connectivity index (χ4v) is 1.55. The Kier molecular flexibility index (Phi) is 4.37. The molecule has 0 spiro atoms. The van der Waals surface area contributed by atoms with E-state index in [1.807, 2.05) is 11.9 Å². The van der Waals surface area contributed by atoms with Gasteiger partial charge in [0.05, 0.1) is 5.57 Å². The van der Waals surface area contributed by atoms with Crippen LogP contribution >= 0.6 is 0 Å². The van der Waals surface area contributed by atoms with Gasteiger partial charge in [-0.2, -0.15) is 13.2 Å². The minimum absolute atomic E-state index is 0.400. The van der Waals surface area contributed by atoms with Crippen LogP contribution in [0.4, 0.5) is 13.2 Å². The van der Waals surface area contributed by atoms with Crippen LogP contribution in [0.15, 0.2) is 29.0 Å². The smallest absolute Gasteiger partial charge is 0.357 e. The second-order valence-corrected chi connectivity index (χ2v) is 4.12. The zero-order chi connectivity index (χ0) is 13.1. The molecule has 1 aliphatic carbocycles. The first-order valence-corrected chi connectivity index (χ1v) is 5.55. The van der Waals surface area contributed by atoms with Crippen molar-refractivity contribution in [1.29, 1.82) is 0 Å². The van der Waals surface area contributed by atoms with Gasteiger partial charge < -0.3 is 4.90 Å². The highest BCUT2D eigenvalue weighted by atomic mass is 19.4. The topological polar surface area (TPSA) is 15.6 Å². The largest absolute Gasteiger partial charge is 0.417 e. The molecule has 0 N–H and O–H groups in total. The quantitative estimate of drug-likeness (QED) is 0.693. The summed E-state index contributed by atoms with van der Waals surface area (Å²) in [6.07, 6.45) is 1.40. The lowest BCUT2D eigenvalue weighted by Crippen LogP contribution is -2.36. The molecule has 0 heterocycles. The number of hydrogen-bond donors (Lipinski definition) is 0. The summed E-state index contributed by atoms with van der Waals surface area (Å²) in [5.74, 6) is 0.556. The fraction of sp³-hybridized carbons (Fsp3) is 0.583. The molecule has 0 aromatic heterocycles. The maximum Gasteiger partial charge on any atom is 0.417 e. The molecule has 0 aromatic carbocycles. The third-order valence-corrected chi connectivity index (χ3v) is 2.96. The number of hydrogen-bond acceptors (Lipinski definition) is 2. The van der Waals surface area contributed by atoms with Gasteiger partial charge in [-0.05, 0) is 32.3 Å². The van der Waals surface area contributed by atoms with E-state index in [0.29, 0.717) is 11.9 Å². The summed E-state index contributed by atoms with van der Waals surface area (Å²) in [6.45, 7) is 4.71. The molecule has 0 aliphatic heterocycles. The molecule has 0 aromatic rings. The van der Waals surface area contributed by atoms with Gasteiger partial charge in [-0.3, -0.25) is 0 Å². The Hall–Kier alpha value is -1.26. The minimum atomic E-state index is -4.41. The Balaban J connectivity index is 2.64. The van der Waals surface area contributed by atoms with Gasteiger partial charge in [0.15, 0.2) is 0 Å². The third kappa shape index (κ3) is 3.61. The van der Waals surface area contributed by atoms with Gasteiger partial charge in [-0.25, -0.2) is 4.99 Å². The minimum Gasteiger partial charge on any atom is -0.357 e. The van der Waals surface area contributed by atoms with Crippen LogP contribution in [0.5, 0.6) is 0 Å². The summed E-state index contributed by atoms with van der Waals surface area (Å²) in [7, 11) is 1.85. The van der Waals surface area contributed by atoms with Crippen LogP contribution in [0.1, 0.15) is 26.2 Å². The van der Waals surface area contributed by atoms with Crippen molar-refractivity contribution in [2.75, 3.05) is 7.05 Å². The van der Waals surface area contributed by atoms with Crippen molar-refractivity contribution in [2.45, 2.75) is 38.4 Å². The normalized spacial score (nSPS) is 18.3. The number of halogens is 3. The lowest BCUT2D eigenvalue weighted by molar-refractivity contribution is -0.0852. The van der Waals surface area contributed by atoms with Gasteiger partial charge in [0.1, 0.15) is 5.82 Å². The van der Waals surface area contributed by atoms with Crippen molar-refractivity contribution in [3.63, 3.8) is 0 Å². The van der Waals surface area contributed by atoms with E-state index >= 15 is 0 Å². The van der Waals surface area contributed by atoms with E-state index in [-0.39, 0.29) is 0 Å². The Morgan fingerprint density at radius 2 is 2.00 bits per heavy atom. The maximum absolute atomic E-state index is 12.2. The van der Waals surface area contributed by atoms with E-state index in [4.69, 9.17) is 0 Å². The van der Waals surface area contributed by atoms with Crippen LogP contribution in [0.3, 0.4) is 0 Å². The fourth-order valence-electron chi connectivity index (χ4n) is 1.55. The van der Waals surface area contributed by atoms with E-state index in [9.17, 15) is 13.2 Å². The first-order chi connectivity index (χ1) is 7.86. The summed E-state index contributed by atoms with van der Waals surface area (Å²) in [4.78, 5) is 5.77. The van der Waals surface area contributed by atoms with E-state index in [1.54, 1.807) is 13.0 Å².